The molecule has 0 unspecified atom stereocenters. The Morgan fingerprint density at radius 3 is 1.87 bits per heavy atom. The highest BCUT2D eigenvalue weighted by Gasteiger charge is 2.27. The maximum Gasteiger partial charge on any atom is 0.217 e. The maximum atomic E-state index is 5.87. The lowest BCUT2D eigenvalue weighted by atomic mass is 10.1. The molecule has 0 saturated carbocycles. The van der Waals surface area contributed by atoms with Crippen molar-refractivity contribution < 1.29 is 0 Å². The number of rotatable bonds is 1. The molecule has 0 nitrogen and oxygen atoms in total. The molecule has 0 fully saturated rings. The monoisotopic (exact) mass is 344 g/mol. The maximum absolute atomic E-state index is 5.87. The molecule has 0 heterocycles. The van der Waals surface area contributed by atoms with Gasteiger partial charge in [-0.1, -0.05) is 58.0 Å². The Labute approximate surface area is 122 Å². The molecule has 0 bridgehead atoms. The lowest BCUT2D eigenvalue weighted by Gasteiger charge is -2.16. The molecule has 0 spiro atoms. The SMILES string of the molecule is Clc1cc(Cl)c(C(Cl)(Cl)Cl)cc1C(Cl)Cl. The minimum atomic E-state index is -1.64. The van der Waals surface area contributed by atoms with E-state index >= 15 is 0 Å². The van der Waals surface area contributed by atoms with Crippen molar-refractivity contribution in [2.75, 3.05) is 0 Å². The molecule has 0 N–H and O–H groups in total. The van der Waals surface area contributed by atoms with E-state index in [2.05, 4.69) is 0 Å². The van der Waals surface area contributed by atoms with Gasteiger partial charge in [0.05, 0.1) is 0 Å². The van der Waals surface area contributed by atoms with Crippen molar-refractivity contribution in [2.45, 2.75) is 8.63 Å². The molecule has 0 saturated heterocycles. The van der Waals surface area contributed by atoms with Crippen LogP contribution in [-0.2, 0) is 3.79 Å². The molecule has 1 rings (SSSR count). The number of hydrogen-bond donors (Lipinski definition) is 0. The van der Waals surface area contributed by atoms with Crippen LogP contribution in [0.2, 0.25) is 10.0 Å². The largest absolute Gasteiger partial charge is 0.217 e. The van der Waals surface area contributed by atoms with Gasteiger partial charge >= 0.3 is 0 Å². The second-order valence-electron chi connectivity index (χ2n) is 2.65. The Hall–Kier alpha value is 1.25. The zero-order valence-corrected chi connectivity index (χ0v) is 12.2. The van der Waals surface area contributed by atoms with Crippen LogP contribution in [-0.4, -0.2) is 0 Å². The summed E-state index contributed by atoms with van der Waals surface area (Å²) in [5.41, 5.74) is 0.741. The van der Waals surface area contributed by atoms with E-state index in [1.54, 1.807) is 0 Å². The molecule has 0 aliphatic heterocycles. The third-order valence-electron chi connectivity index (χ3n) is 1.63. The zero-order valence-electron chi connectivity index (χ0n) is 6.88. The highest BCUT2D eigenvalue weighted by atomic mass is 35.6. The predicted molar refractivity (Wildman–Crippen MR) is 70.1 cm³/mol. The van der Waals surface area contributed by atoms with Crippen LogP contribution < -0.4 is 0 Å². The number of hydrogen-bond acceptors (Lipinski definition) is 0. The molecule has 1 aromatic rings. The lowest BCUT2D eigenvalue weighted by Crippen LogP contribution is -2.02. The quantitative estimate of drug-likeness (QED) is 0.523. The first-order chi connectivity index (χ1) is 6.73. The highest BCUT2D eigenvalue weighted by molar-refractivity contribution is 6.67. The van der Waals surface area contributed by atoms with E-state index in [0.717, 1.165) is 0 Å². The molecule has 15 heavy (non-hydrogen) atoms. The predicted octanol–water partition coefficient (Wildman–Crippen LogP) is 6.30. The molecular formula is C8H3Cl7. The van der Waals surface area contributed by atoms with Crippen LogP contribution in [0.1, 0.15) is 16.0 Å². The standard InChI is InChI=1S/C8H3Cl7/c9-5-2-6(10)4(8(13,14)15)1-3(5)7(11)12/h1-2,7H. The van der Waals surface area contributed by atoms with Crippen molar-refractivity contribution >= 4 is 81.2 Å². The Morgan fingerprint density at radius 2 is 1.47 bits per heavy atom. The number of alkyl halides is 5. The summed E-state index contributed by atoms with van der Waals surface area (Å²) in [5.74, 6) is 0. The first-order valence-corrected chi connectivity index (χ1v) is 6.34. The van der Waals surface area contributed by atoms with E-state index in [-0.39, 0.29) is 5.02 Å². The van der Waals surface area contributed by atoms with Crippen molar-refractivity contribution in [3.8, 4) is 0 Å². The average Bonchev–Trinajstić information content (AvgIpc) is 2.00. The van der Waals surface area contributed by atoms with Crippen molar-refractivity contribution in [1.82, 2.24) is 0 Å². The molecule has 7 heteroatoms. The Balaban J connectivity index is 3.37. The van der Waals surface area contributed by atoms with Gasteiger partial charge in [0.15, 0.2) is 0 Å². The van der Waals surface area contributed by atoms with Gasteiger partial charge in [-0.2, -0.15) is 0 Å². The van der Waals surface area contributed by atoms with Gasteiger partial charge in [0.25, 0.3) is 0 Å². The third-order valence-corrected chi connectivity index (χ3v) is 3.35. The van der Waals surface area contributed by atoms with Crippen molar-refractivity contribution in [3.63, 3.8) is 0 Å². The normalized spacial score (nSPS) is 12.3. The molecule has 1 aromatic carbocycles. The van der Waals surface area contributed by atoms with Gasteiger partial charge in [0.1, 0.15) is 4.84 Å². The van der Waals surface area contributed by atoms with Crippen LogP contribution in [0.25, 0.3) is 0 Å². The van der Waals surface area contributed by atoms with Crippen LogP contribution in [0.4, 0.5) is 0 Å². The average molecular weight is 347 g/mol. The smallest absolute Gasteiger partial charge is 0.100 e. The Morgan fingerprint density at radius 1 is 0.933 bits per heavy atom. The van der Waals surface area contributed by atoms with E-state index in [4.69, 9.17) is 81.2 Å². The summed E-state index contributed by atoms with van der Waals surface area (Å²) in [6.07, 6.45) is 0. The molecule has 0 aliphatic carbocycles. The van der Waals surface area contributed by atoms with Gasteiger partial charge in [-0.15, -0.1) is 23.2 Å². The summed E-state index contributed by atoms with van der Waals surface area (Å²) >= 11 is 40.2. The van der Waals surface area contributed by atoms with Crippen molar-refractivity contribution in [1.29, 1.82) is 0 Å². The zero-order chi connectivity index (χ0) is 11.8. The van der Waals surface area contributed by atoms with E-state index < -0.39 is 8.63 Å². The first kappa shape index (κ1) is 14.3. The highest BCUT2D eigenvalue weighted by Crippen LogP contribution is 2.45. The fourth-order valence-corrected chi connectivity index (χ4v) is 2.67. The minimum absolute atomic E-state index is 0.248. The van der Waals surface area contributed by atoms with E-state index in [1.165, 1.54) is 12.1 Å². The van der Waals surface area contributed by atoms with E-state index in [0.29, 0.717) is 16.1 Å². The Kier molecular flexibility index (Phi) is 5.02. The first-order valence-electron chi connectivity index (χ1n) is 3.57. The summed E-state index contributed by atoms with van der Waals surface area (Å²) < 4.78 is -1.64. The molecule has 0 aromatic heterocycles. The second-order valence-corrected chi connectivity index (χ2v) is 6.84. The van der Waals surface area contributed by atoms with Crippen LogP contribution >= 0.6 is 81.2 Å². The summed E-state index contributed by atoms with van der Waals surface area (Å²) in [7, 11) is 0. The topological polar surface area (TPSA) is 0 Å². The molecule has 0 amide bonds. The van der Waals surface area contributed by atoms with Gasteiger partial charge in [0, 0.05) is 21.2 Å². The van der Waals surface area contributed by atoms with Gasteiger partial charge in [0.2, 0.25) is 3.79 Å². The van der Waals surface area contributed by atoms with E-state index in [1.807, 2.05) is 0 Å². The minimum Gasteiger partial charge on any atom is -0.100 e. The molecule has 84 valence electrons. The van der Waals surface area contributed by atoms with Crippen LogP contribution in [0, 0.1) is 0 Å². The number of halogens is 7. The van der Waals surface area contributed by atoms with Crippen LogP contribution in [0.15, 0.2) is 12.1 Å². The van der Waals surface area contributed by atoms with Gasteiger partial charge in [-0.25, -0.2) is 0 Å². The van der Waals surface area contributed by atoms with Gasteiger partial charge in [-0.3, -0.25) is 0 Å². The third kappa shape index (κ3) is 3.61. The summed E-state index contributed by atoms with van der Waals surface area (Å²) in [5, 5.41) is 0.575. The fourth-order valence-electron chi connectivity index (χ4n) is 0.950. The number of benzene rings is 1. The summed E-state index contributed by atoms with van der Waals surface area (Å²) in [6, 6.07) is 2.91. The molecule has 0 atom stereocenters. The molecular weight excluding hydrogens is 344 g/mol. The van der Waals surface area contributed by atoms with Crippen LogP contribution in [0.3, 0.4) is 0 Å². The van der Waals surface area contributed by atoms with Crippen molar-refractivity contribution in [2.24, 2.45) is 0 Å². The fraction of sp³-hybridized carbons (Fsp3) is 0.250. The lowest BCUT2D eigenvalue weighted by molar-refractivity contribution is 1.20. The summed E-state index contributed by atoms with van der Waals surface area (Å²) in [4.78, 5) is -0.805. The van der Waals surface area contributed by atoms with Gasteiger partial charge in [-0.05, 0) is 12.1 Å². The van der Waals surface area contributed by atoms with Crippen molar-refractivity contribution in [3.05, 3.63) is 33.3 Å². The van der Waals surface area contributed by atoms with E-state index in [9.17, 15) is 0 Å². The molecule has 0 aliphatic rings. The summed E-state index contributed by atoms with van der Waals surface area (Å²) in [6.45, 7) is 0. The second kappa shape index (κ2) is 5.27. The molecule has 0 radical (unpaired) electrons. The van der Waals surface area contributed by atoms with Crippen LogP contribution in [0.5, 0.6) is 0 Å². The Bertz CT molecular complexity index is 366. The van der Waals surface area contributed by atoms with Gasteiger partial charge < -0.3 is 0 Å².